The fourth-order valence-electron chi connectivity index (χ4n) is 5.75. The van der Waals surface area contributed by atoms with E-state index in [-0.39, 0.29) is 0 Å². The molecule has 2 nitrogen and oxygen atoms in total. The average Bonchev–Trinajstić information content (AvgIpc) is 3.71. The van der Waals surface area contributed by atoms with Gasteiger partial charge in [-0.05, 0) is 12.1 Å². The lowest BCUT2D eigenvalue weighted by Crippen LogP contribution is -2.81. The molecule has 0 radical (unpaired) electrons. The monoisotopic (exact) mass is 857 g/mol. The van der Waals surface area contributed by atoms with Gasteiger partial charge in [-0.1, -0.05) is 29.5 Å². The maximum Gasteiger partial charge on any atom is 0.277 e. The second-order valence-electron chi connectivity index (χ2n) is 11.1. The standard InChI is InChI=1S/C24BF20.C9H8NOS/c26-5-1(6(27)14(35)21(42)13(5)34)25(2-7(28)15(36)22(43)16(37)8(2)29,3-9(30)17(38)23(44)18(39)10(3)31)4-11(32)19(40)24(45)20(41)12(4)33;1-2-4-9(5-3-1)11-10-6-7-12-8-10/h;1-8H/q-1;+1. The van der Waals surface area contributed by atoms with Crippen LogP contribution in [0, 0.1) is 116 Å². The van der Waals surface area contributed by atoms with Crippen LogP contribution in [0.25, 0.3) is 0 Å². The lowest BCUT2D eigenvalue weighted by Gasteiger charge is -2.44. The number of thiazole rings is 1. The molecule has 0 bridgehead atoms. The van der Waals surface area contributed by atoms with Crippen LogP contribution < -0.4 is 31.4 Å². The Morgan fingerprint density at radius 2 is 0.596 bits per heavy atom. The van der Waals surface area contributed by atoms with Gasteiger partial charge in [-0.3, -0.25) is 0 Å². The minimum atomic E-state index is -7.22. The number of aromatic nitrogens is 1. The molecule has 5 aromatic carbocycles. The van der Waals surface area contributed by atoms with Crippen molar-refractivity contribution in [1.29, 1.82) is 0 Å². The van der Waals surface area contributed by atoms with Crippen LogP contribution in [0.4, 0.5) is 87.8 Å². The summed E-state index contributed by atoms with van der Waals surface area (Å²) in [4.78, 5) is 5.45. The Morgan fingerprint density at radius 1 is 0.351 bits per heavy atom. The molecule has 1 heterocycles. The van der Waals surface area contributed by atoms with Crippen molar-refractivity contribution in [2.75, 3.05) is 0 Å². The summed E-state index contributed by atoms with van der Waals surface area (Å²) in [6, 6.07) is 9.70. The van der Waals surface area contributed by atoms with E-state index >= 15 is 35.1 Å². The van der Waals surface area contributed by atoms with Crippen LogP contribution in [0.1, 0.15) is 0 Å². The summed E-state index contributed by atoms with van der Waals surface area (Å²) in [5.41, 5.74) is -12.4. The number of hydrogen-bond donors (Lipinski definition) is 0. The zero-order valence-electron chi connectivity index (χ0n) is 26.5. The van der Waals surface area contributed by atoms with Gasteiger partial charge in [0.05, 0.1) is 5.38 Å². The Labute approximate surface area is 306 Å². The van der Waals surface area contributed by atoms with Crippen molar-refractivity contribution >= 4 is 39.3 Å². The molecule has 0 saturated carbocycles. The summed E-state index contributed by atoms with van der Waals surface area (Å²) in [7, 11) is 0. The highest BCUT2D eigenvalue weighted by molar-refractivity contribution is 7.20. The SMILES string of the molecule is Fc1c(F)c(F)c([B-](c2c(F)c(F)c(F)c(F)c2F)(c2c(F)c(F)c(F)c(F)c2F)c2c(F)c(F)c(F)c(F)c2F)c(F)c1F.c1ccc(O[n+]2ccsc2)cc1. The van der Waals surface area contributed by atoms with Crippen molar-refractivity contribution in [3.05, 3.63) is 164 Å². The van der Waals surface area contributed by atoms with E-state index in [1.165, 1.54) is 0 Å². The van der Waals surface area contributed by atoms with Crippen LogP contribution in [0.5, 0.6) is 5.75 Å². The maximum atomic E-state index is 15.4. The highest BCUT2D eigenvalue weighted by Crippen LogP contribution is 2.30. The van der Waals surface area contributed by atoms with Gasteiger partial charge in [0, 0.05) is 4.73 Å². The van der Waals surface area contributed by atoms with E-state index < -0.39 is 144 Å². The van der Waals surface area contributed by atoms with Gasteiger partial charge in [-0.15, -0.1) is 21.9 Å². The molecule has 1 aromatic heterocycles. The Hall–Kier alpha value is -5.81. The van der Waals surface area contributed by atoms with E-state index in [4.69, 9.17) is 4.84 Å². The van der Waals surface area contributed by atoms with E-state index in [9.17, 15) is 52.7 Å². The zero-order chi connectivity index (χ0) is 42.6. The first-order valence-electron chi connectivity index (χ1n) is 14.6. The smallest absolute Gasteiger partial charge is 0.231 e. The second-order valence-corrected chi connectivity index (χ2v) is 11.8. The lowest BCUT2D eigenvalue weighted by atomic mass is 9.12. The molecule has 0 fully saturated rings. The molecule has 0 N–H and O–H groups in total. The minimum absolute atomic E-state index is 0.848. The van der Waals surface area contributed by atoms with Crippen molar-refractivity contribution < 1.29 is 97.4 Å². The van der Waals surface area contributed by atoms with Crippen LogP contribution in [-0.4, -0.2) is 6.15 Å². The van der Waals surface area contributed by atoms with Gasteiger partial charge in [0.1, 0.15) is 52.7 Å². The molecule has 0 aliphatic heterocycles. The number of para-hydroxylation sites is 1. The van der Waals surface area contributed by atoms with Crippen molar-refractivity contribution in [2.24, 2.45) is 0 Å². The topological polar surface area (TPSA) is 13.1 Å². The summed E-state index contributed by atoms with van der Waals surface area (Å²) >= 11 is 1.60. The van der Waals surface area contributed by atoms with Crippen molar-refractivity contribution in [2.45, 2.75) is 0 Å². The van der Waals surface area contributed by atoms with Crippen molar-refractivity contribution in [1.82, 2.24) is 0 Å². The number of rotatable bonds is 6. The first-order chi connectivity index (χ1) is 26.7. The van der Waals surface area contributed by atoms with E-state index in [1.807, 2.05) is 47.4 Å². The molecule has 24 heteroatoms. The first kappa shape index (κ1) is 42.3. The van der Waals surface area contributed by atoms with E-state index in [1.54, 1.807) is 16.1 Å². The lowest BCUT2D eigenvalue weighted by molar-refractivity contribution is -0.871. The number of benzene rings is 5. The largest absolute Gasteiger partial charge is 0.277 e. The van der Waals surface area contributed by atoms with E-state index in [0.29, 0.717) is 0 Å². The van der Waals surface area contributed by atoms with Gasteiger partial charge in [-0.25, -0.2) is 92.6 Å². The van der Waals surface area contributed by atoms with Crippen LogP contribution in [-0.2, 0) is 0 Å². The summed E-state index contributed by atoms with van der Waals surface area (Å²) in [6.07, 6.45) is -5.34. The quantitative estimate of drug-likeness (QED) is 0.0551. The van der Waals surface area contributed by atoms with Crippen LogP contribution >= 0.6 is 11.3 Å². The molecule has 0 saturated heterocycles. The minimum Gasteiger partial charge on any atom is -0.231 e. The Kier molecular flexibility index (Phi) is 11.6. The zero-order valence-corrected chi connectivity index (χ0v) is 27.3. The van der Waals surface area contributed by atoms with Gasteiger partial charge >= 0.3 is 0 Å². The third-order valence-corrected chi connectivity index (χ3v) is 8.72. The van der Waals surface area contributed by atoms with Gasteiger partial charge < -0.3 is 0 Å². The molecule has 0 aliphatic carbocycles. The molecule has 57 heavy (non-hydrogen) atoms. The summed E-state index contributed by atoms with van der Waals surface area (Å²) < 4.78 is 296. The van der Waals surface area contributed by atoms with Gasteiger partial charge in [0.25, 0.3) is 5.51 Å². The molecule has 0 atom stereocenters. The molecule has 6 aromatic rings. The number of halogens is 20. The van der Waals surface area contributed by atoms with Crippen molar-refractivity contribution in [3.8, 4) is 5.75 Å². The molecular formula is C33H8BF20NOS. The van der Waals surface area contributed by atoms with Gasteiger partial charge in [0.15, 0.2) is 69.8 Å². The maximum absolute atomic E-state index is 15.4. The molecule has 0 unspecified atom stereocenters. The number of nitrogens with zero attached hydrogens (tertiary/aromatic N) is 1. The fraction of sp³-hybridized carbons (Fsp3) is 0. The Bertz CT molecular complexity index is 2170. The van der Waals surface area contributed by atoms with Crippen LogP contribution in [0.3, 0.4) is 0 Å². The molecule has 6 rings (SSSR count). The Morgan fingerprint density at radius 3 is 0.825 bits per heavy atom. The fourth-order valence-corrected chi connectivity index (χ4v) is 6.25. The third kappa shape index (κ3) is 6.57. The van der Waals surface area contributed by atoms with Crippen LogP contribution in [0.15, 0.2) is 47.4 Å². The highest BCUT2D eigenvalue weighted by atomic mass is 32.1. The highest BCUT2D eigenvalue weighted by Gasteiger charge is 2.52. The van der Waals surface area contributed by atoms with E-state index in [0.717, 1.165) is 5.75 Å². The molecule has 300 valence electrons. The average molecular weight is 857 g/mol. The van der Waals surface area contributed by atoms with Crippen molar-refractivity contribution in [3.63, 3.8) is 0 Å². The first-order valence-corrected chi connectivity index (χ1v) is 15.5. The predicted molar refractivity (Wildman–Crippen MR) is 156 cm³/mol. The summed E-state index contributed by atoms with van der Waals surface area (Å²) in [6.45, 7) is 0. The summed E-state index contributed by atoms with van der Waals surface area (Å²) in [5, 5.41) is 1.96. The molecule has 0 spiro atoms. The second kappa shape index (κ2) is 15.6. The third-order valence-electron chi connectivity index (χ3n) is 8.11. The Balaban J connectivity index is 0.000000436. The predicted octanol–water partition coefficient (Wildman–Crippen LogP) is 7.72. The molecular weight excluding hydrogens is 849 g/mol. The molecule has 0 amide bonds. The van der Waals surface area contributed by atoms with E-state index in [2.05, 4.69) is 0 Å². The van der Waals surface area contributed by atoms with Gasteiger partial charge in [-0.2, -0.15) is 0 Å². The summed E-state index contributed by atoms with van der Waals surface area (Å²) in [5.74, 6) is -70.6. The number of hydrogen-bond acceptors (Lipinski definition) is 2. The normalized spacial score (nSPS) is 11.5. The van der Waals surface area contributed by atoms with Gasteiger partial charge in [0.2, 0.25) is 11.9 Å². The van der Waals surface area contributed by atoms with Crippen LogP contribution in [0.2, 0.25) is 0 Å². The molecule has 0 aliphatic rings.